The number of hydrogen-bond donors (Lipinski definition) is 1. The monoisotopic (exact) mass is 293 g/mol. The number of aromatic nitrogens is 2. The zero-order chi connectivity index (χ0) is 14.1. The van der Waals surface area contributed by atoms with E-state index in [1.807, 2.05) is 0 Å². The first-order chi connectivity index (χ1) is 9.63. The van der Waals surface area contributed by atoms with E-state index in [0.29, 0.717) is 10.6 Å². The molecule has 0 saturated heterocycles. The van der Waals surface area contributed by atoms with Crippen molar-refractivity contribution >= 4 is 17.3 Å². The van der Waals surface area contributed by atoms with Crippen molar-refractivity contribution in [2.45, 2.75) is 19.4 Å². The van der Waals surface area contributed by atoms with Gasteiger partial charge in [0.2, 0.25) is 0 Å². The van der Waals surface area contributed by atoms with Crippen molar-refractivity contribution in [1.29, 1.82) is 0 Å². The Balaban J connectivity index is 1.96. The maximum Gasteiger partial charge on any atom is 0.269 e. The summed E-state index contributed by atoms with van der Waals surface area (Å²) in [7, 11) is 0. The third-order valence-electron chi connectivity index (χ3n) is 3.32. The highest BCUT2D eigenvalue weighted by atomic mass is 35.5. The summed E-state index contributed by atoms with van der Waals surface area (Å²) in [5.74, 6) is -0.429. The Morgan fingerprint density at radius 1 is 1.40 bits per heavy atom. The third-order valence-corrected chi connectivity index (χ3v) is 3.55. The molecule has 0 amide bonds. The summed E-state index contributed by atoms with van der Waals surface area (Å²) in [5.41, 5.74) is 1.79. The van der Waals surface area contributed by atoms with Gasteiger partial charge >= 0.3 is 0 Å². The van der Waals surface area contributed by atoms with Gasteiger partial charge in [0.15, 0.2) is 0 Å². The van der Waals surface area contributed by atoms with Crippen LogP contribution in [-0.4, -0.2) is 16.3 Å². The summed E-state index contributed by atoms with van der Waals surface area (Å²) in [4.78, 5) is 12.0. The Labute approximate surface area is 120 Å². The predicted molar refractivity (Wildman–Crippen MR) is 75.8 cm³/mol. The summed E-state index contributed by atoms with van der Waals surface area (Å²) in [6.45, 7) is 0.957. The van der Waals surface area contributed by atoms with Gasteiger partial charge < -0.3 is 5.32 Å². The van der Waals surface area contributed by atoms with Gasteiger partial charge in [0, 0.05) is 23.2 Å². The summed E-state index contributed by atoms with van der Waals surface area (Å²) >= 11 is 5.71. The van der Waals surface area contributed by atoms with Crippen LogP contribution in [0.2, 0.25) is 5.02 Å². The van der Waals surface area contributed by atoms with Crippen molar-refractivity contribution < 1.29 is 4.39 Å². The SMILES string of the molecule is O=c1cc2c(nn1Cc1ccc(Cl)cc1F)CCCN2. The number of rotatable bonds is 2. The minimum atomic E-state index is -0.429. The van der Waals surface area contributed by atoms with E-state index in [4.69, 9.17) is 11.6 Å². The molecule has 0 radical (unpaired) electrons. The van der Waals surface area contributed by atoms with E-state index in [2.05, 4.69) is 10.4 Å². The van der Waals surface area contributed by atoms with E-state index in [0.717, 1.165) is 30.8 Å². The lowest BCUT2D eigenvalue weighted by Crippen LogP contribution is -2.27. The van der Waals surface area contributed by atoms with Gasteiger partial charge in [0.05, 0.1) is 17.9 Å². The Bertz CT molecular complexity index is 714. The van der Waals surface area contributed by atoms with E-state index in [-0.39, 0.29) is 12.1 Å². The minimum absolute atomic E-state index is 0.106. The number of nitrogens with zero attached hydrogens (tertiary/aromatic N) is 2. The molecule has 1 aromatic carbocycles. The molecule has 0 unspecified atom stereocenters. The molecule has 1 aliphatic rings. The number of benzene rings is 1. The molecule has 1 aliphatic heterocycles. The fraction of sp³-hybridized carbons (Fsp3) is 0.286. The van der Waals surface area contributed by atoms with Gasteiger partial charge in [0.25, 0.3) is 5.56 Å². The van der Waals surface area contributed by atoms with E-state index >= 15 is 0 Å². The highest BCUT2D eigenvalue weighted by Crippen LogP contribution is 2.18. The maximum atomic E-state index is 13.8. The Morgan fingerprint density at radius 2 is 2.25 bits per heavy atom. The first-order valence-electron chi connectivity index (χ1n) is 6.42. The fourth-order valence-electron chi connectivity index (χ4n) is 2.27. The van der Waals surface area contributed by atoms with Crippen LogP contribution in [0.5, 0.6) is 0 Å². The van der Waals surface area contributed by atoms with Crippen LogP contribution in [0.1, 0.15) is 17.7 Å². The van der Waals surface area contributed by atoms with Crippen LogP contribution in [-0.2, 0) is 13.0 Å². The van der Waals surface area contributed by atoms with Crippen LogP contribution in [0.4, 0.5) is 10.1 Å². The van der Waals surface area contributed by atoms with E-state index in [1.54, 1.807) is 12.1 Å². The lowest BCUT2D eigenvalue weighted by molar-refractivity contribution is 0.562. The van der Waals surface area contributed by atoms with Crippen LogP contribution in [0.15, 0.2) is 29.1 Å². The predicted octanol–water partition coefficient (Wildman–Crippen LogP) is 2.44. The molecule has 1 N–H and O–H groups in total. The van der Waals surface area contributed by atoms with E-state index < -0.39 is 5.82 Å². The standard InChI is InChI=1S/C14H13ClFN3O/c15-10-4-3-9(11(16)6-10)8-19-14(20)7-13-12(18-19)2-1-5-17-13/h3-4,6-7,17H,1-2,5,8H2. The molecule has 0 fully saturated rings. The molecular weight excluding hydrogens is 281 g/mol. The molecule has 0 bridgehead atoms. The molecule has 4 nitrogen and oxygen atoms in total. The van der Waals surface area contributed by atoms with Crippen LogP contribution in [0.25, 0.3) is 0 Å². The van der Waals surface area contributed by atoms with Gasteiger partial charge in [-0.25, -0.2) is 9.07 Å². The molecule has 104 valence electrons. The summed E-state index contributed by atoms with van der Waals surface area (Å²) in [6, 6.07) is 5.94. The number of hydrogen-bond acceptors (Lipinski definition) is 3. The molecule has 20 heavy (non-hydrogen) atoms. The number of anilines is 1. The van der Waals surface area contributed by atoms with Crippen molar-refractivity contribution in [2.24, 2.45) is 0 Å². The highest BCUT2D eigenvalue weighted by molar-refractivity contribution is 6.30. The van der Waals surface area contributed by atoms with Crippen LogP contribution >= 0.6 is 11.6 Å². The van der Waals surface area contributed by atoms with Gasteiger partial charge in [0.1, 0.15) is 5.82 Å². The zero-order valence-electron chi connectivity index (χ0n) is 10.7. The summed E-state index contributed by atoms with van der Waals surface area (Å²) in [5, 5.41) is 7.79. The molecule has 1 aromatic heterocycles. The topological polar surface area (TPSA) is 46.9 Å². The van der Waals surface area contributed by atoms with Crippen molar-refractivity contribution in [1.82, 2.24) is 9.78 Å². The van der Waals surface area contributed by atoms with Crippen molar-refractivity contribution in [2.75, 3.05) is 11.9 Å². The first-order valence-corrected chi connectivity index (χ1v) is 6.80. The smallest absolute Gasteiger partial charge is 0.269 e. The second-order valence-corrected chi connectivity index (χ2v) is 5.20. The summed E-state index contributed by atoms with van der Waals surface area (Å²) in [6.07, 6.45) is 1.80. The summed E-state index contributed by atoms with van der Waals surface area (Å²) < 4.78 is 15.1. The molecule has 0 spiro atoms. The molecule has 6 heteroatoms. The molecule has 2 heterocycles. The van der Waals surface area contributed by atoms with Crippen LogP contribution < -0.4 is 10.9 Å². The second-order valence-electron chi connectivity index (χ2n) is 4.77. The van der Waals surface area contributed by atoms with Crippen molar-refractivity contribution in [3.63, 3.8) is 0 Å². The van der Waals surface area contributed by atoms with E-state index in [1.165, 1.54) is 16.8 Å². The Morgan fingerprint density at radius 3 is 3.05 bits per heavy atom. The van der Waals surface area contributed by atoms with Gasteiger partial charge in [-0.15, -0.1) is 0 Å². The maximum absolute atomic E-state index is 13.8. The molecule has 2 aromatic rings. The quantitative estimate of drug-likeness (QED) is 0.925. The average molecular weight is 294 g/mol. The van der Waals surface area contributed by atoms with Gasteiger partial charge in [-0.1, -0.05) is 17.7 Å². The van der Waals surface area contributed by atoms with Gasteiger partial charge in [-0.3, -0.25) is 4.79 Å². The largest absolute Gasteiger partial charge is 0.383 e. The fourth-order valence-corrected chi connectivity index (χ4v) is 2.43. The van der Waals surface area contributed by atoms with Gasteiger partial charge in [-0.05, 0) is 25.0 Å². The van der Waals surface area contributed by atoms with Crippen LogP contribution in [0.3, 0.4) is 0 Å². The lowest BCUT2D eigenvalue weighted by atomic mass is 10.1. The second kappa shape index (κ2) is 5.25. The van der Waals surface area contributed by atoms with E-state index in [9.17, 15) is 9.18 Å². The van der Waals surface area contributed by atoms with Crippen molar-refractivity contribution in [3.8, 4) is 0 Å². The van der Waals surface area contributed by atoms with Crippen molar-refractivity contribution in [3.05, 3.63) is 56.7 Å². The lowest BCUT2D eigenvalue weighted by Gasteiger charge is -2.17. The highest BCUT2D eigenvalue weighted by Gasteiger charge is 2.13. The minimum Gasteiger partial charge on any atom is -0.383 e. The van der Waals surface area contributed by atoms with Gasteiger partial charge in [-0.2, -0.15) is 5.10 Å². The number of aryl methyl sites for hydroxylation is 1. The zero-order valence-corrected chi connectivity index (χ0v) is 11.5. The number of halogens is 2. The molecule has 3 rings (SSSR count). The molecule has 0 atom stereocenters. The molecule has 0 saturated carbocycles. The average Bonchev–Trinajstić information content (AvgIpc) is 2.42. The van der Waals surface area contributed by atoms with Crippen LogP contribution in [0, 0.1) is 5.82 Å². The Hall–Kier alpha value is -1.88. The number of fused-ring (bicyclic) bond motifs is 1. The molecule has 0 aliphatic carbocycles. The molecular formula is C14H13ClFN3O. The first kappa shape index (κ1) is 13.1. The Kier molecular flexibility index (Phi) is 3.44. The third kappa shape index (κ3) is 2.54. The number of nitrogens with one attached hydrogen (secondary N) is 1. The normalized spacial score (nSPS) is 13.7.